The van der Waals surface area contributed by atoms with Gasteiger partial charge in [0.1, 0.15) is 5.82 Å². The summed E-state index contributed by atoms with van der Waals surface area (Å²) in [6.45, 7) is 2.15. The van der Waals surface area contributed by atoms with Gasteiger partial charge in [-0.15, -0.1) is 0 Å². The smallest absolute Gasteiger partial charge is 0.214 e. The number of anilines is 1. The Kier molecular flexibility index (Phi) is 2.66. The second kappa shape index (κ2) is 3.95. The molecule has 0 radical (unpaired) electrons. The molecule has 1 aliphatic rings. The molecule has 0 saturated heterocycles. The minimum Gasteiger partial charge on any atom is -0.367 e. The summed E-state index contributed by atoms with van der Waals surface area (Å²) in [5, 5.41) is 3.28. The second-order valence-electron chi connectivity index (χ2n) is 3.84. The van der Waals surface area contributed by atoms with Gasteiger partial charge in [0.2, 0.25) is 5.95 Å². The van der Waals surface area contributed by atoms with Crippen LogP contribution in [0.3, 0.4) is 0 Å². The Bertz CT molecular complexity index is 310. The summed E-state index contributed by atoms with van der Waals surface area (Å²) < 4.78 is 12.8. The van der Waals surface area contributed by atoms with E-state index >= 15 is 0 Å². The summed E-state index contributed by atoms with van der Waals surface area (Å²) in [6.07, 6.45) is 3.66. The van der Waals surface area contributed by atoms with Crippen molar-refractivity contribution < 1.29 is 4.39 Å². The maximum absolute atomic E-state index is 12.8. The lowest BCUT2D eigenvalue weighted by atomic mass is 10.1. The maximum atomic E-state index is 12.8. The quantitative estimate of drug-likeness (QED) is 0.745. The SMILES string of the molecule is CCC(Nc1cccc(F)n1)C1CC1. The molecule has 1 heterocycles. The maximum Gasteiger partial charge on any atom is 0.214 e. The summed E-state index contributed by atoms with van der Waals surface area (Å²) in [7, 11) is 0. The Morgan fingerprint density at radius 1 is 1.57 bits per heavy atom. The summed E-state index contributed by atoms with van der Waals surface area (Å²) >= 11 is 0. The highest BCUT2D eigenvalue weighted by Gasteiger charge is 2.29. The van der Waals surface area contributed by atoms with Crippen LogP contribution in [0.1, 0.15) is 26.2 Å². The van der Waals surface area contributed by atoms with E-state index in [-0.39, 0.29) is 0 Å². The summed E-state index contributed by atoms with van der Waals surface area (Å²) in [4.78, 5) is 3.79. The van der Waals surface area contributed by atoms with Crippen LogP contribution in [0.4, 0.5) is 10.2 Å². The van der Waals surface area contributed by atoms with Crippen LogP contribution in [-0.4, -0.2) is 11.0 Å². The number of pyridine rings is 1. The van der Waals surface area contributed by atoms with Gasteiger partial charge in [0, 0.05) is 6.04 Å². The highest BCUT2D eigenvalue weighted by Crippen LogP contribution is 2.35. The molecule has 14 heavy (non-hydrogen) atoms. The molecule has 0 amide bonds. The van der Waals surface area contributed by atoms with Crippen LogP contribution in [0, 0.1) is 11.9 Å². The van der Waals surface area contributed by atoms with E-state index in [4.69, 9.17) is 0 Å². The number of halogens is 1. The Morgan fingerprint density at radius 2 is 2.36 bits per heavy atom. The molecule has 1 unspecified atom stereocenters. The first-order valence-corrected chi connectivity index (χ1v) is 5.18. The zero-order valence-corrected chi connectivity index (χ0v) is 8.33. The van der Waals surface area contributed by atoms with Crippen LogP contribution in [0.15, 0.2) is 18.2 Å². The predicted molar refractivity (Wildman–Crippen MR) is 54.6 cm³/mol. The van der Waals surface area contributed by atoms with Crippen molar-refractivity contribution in [1.29, 1.82) is 0 Å². The fourth-order valence-electron chi connectivity index (χ4n) is 1.73. The van der Waals surface area contributed by atoms with Crippen molar-refractivity contribution in [3.8, 4) is 0 Å². The molecule has 2 rings (SSSR count). The Morgan fingerprint density at radius 3 is 2.93 bits per heavy atom. The van der Waals surface area contributed by atoms with E-state index in [1.807, 2.05) is 6.07 Å². The van der Waals surface area contributed by atoms with Crippen molar-refractivity contribution in [1.82, 2.24) is 4.98 Å². The van der Waals surface area contributed by atoms with Crippen LogP contribution < -0.4 is 5.32 Å². The highest BCUT2D eigenvalue weighted by molar-refractivity contribution is 5.35. The number of nitrogens with zero attached hydrogens (tertiary/aromatic N) is 1. The minimum atomic E-state index is -0.416. The van der Waals surface area contributed by atoms with Crippen LogP contribution in [0.5, 0.6) is 0 Å². The summed E-state index contributed by atoms with van der Waals surface area (Å²) in [6, 6.07) is 5.33. The molecule has 0 bridgehead atoms. The average Bonchev–Trinajstić information content (AvgIpc) is 2.97. The van der Waals surface area contributed by atoms with Gasteiger partial charge in [0.25, 0.3) is 0 Å². The number of hydrogen-bond acceptors (Lipinski definition) is 2. The van der Waals surface area contributed by atoms with Gasteiger partial charge in [-0.05, 0) is 37.3 Å². The highest BCUT2D eigenvalue weighted by atomic mass is 19.1. The molecule has 1 fully saturated rings. The Hall–Kier alpha value is -1.12. The van der Waals surface area contributed by atoms with Crippen molar-refractivity contribution >= 4 is 5.82 Å². The van der Waals surface area contributed by atoms with Crippen molar-refractivity contribution in [3.05, 3.63) is 24.1 Å². The lowest BCUT2D eigenvalue weighted by Gasteiger charge is -2.16. The Balaban J connectivity index is 2.01. The van der Waals surface area contributed by atoms with E-state index in [2.05, 4.69) is 17.2 Å². The lowest BCUT2D eigenvalue weighted by molar-refractivity contribution is 0.576. The normalized spacial score (nSPS) is 17.9. The van der Waals surface area contributed by atoms with Gasteiger partial charge in [-0.1, -0.05) is 13.0 Å². The molecule has 76 valence electrons. The number of nitrogens with one attached hydrogen (secondary N) is 1. The van der Waals surface area contributed by atoms with E-state index < -0.39 is 5.95 Å². The van der Waals surface area contributed by atoms with Gasteiger partial charge in [-0.3, -0.25) is 0 Å². The minimum absolute atomic E-state index is 0.416. The van der Waals surface area contributed by atoms with Crippen molar-refractivity contribution in [2.45, 2.75) is 32.2 Å². The zero-order chi connectivity index (χ0) is 9.97. The molecule has 2 nitrogen and oxygen atoms in total. The first kappa shape index (κ1) is 9.44. The largest absolute Gasteiger partial charge is 0.367 e. The molecule has 1 saturated carbocycles. The van der Waals surface area contributed by atoms with E-state index in [0.29, 0.717) is 11.9 Å². The first-order chi connectivity index (χ1) is 6.79. The predicted octanol–water partition coefficient (Wildman–Crippen LogP) is 2.82. The first-order valence-electron chi connectivity index (χ1n) is 5.18. The number of rotatable bonds is 4. The molecule has 0 aromatic carbocycles. The lowest BCUT2D eigenvalue weighted by Crippen LogP contribution is -2.21. The van der Waals surface area contributed by atoms with E-state index in [1.54, 1.807) is 6.07 Å². The van der Waals surface area contributed by atoms with Crippen molar-refractivity contribution in [2.24, 2.45) is 5.92 Å². The molecular weight excluding hydrogens is 179 g/mol. The summed E-state index contributed by atoms with van der Waals surface area (Å²) in [5.74, 6) is 1.01. The van der Waals surface area contributed by atoms with Crippen LogP contribution >= 0.6 is 0 Å². The number of hydrogen-bond donors (Lipinski definition) is 1. The molecule has 0 aliphatic heterocycles. The van der Waals surface area contributed by atoms with Gasteiger partial charge < -0.3 is 5.32 Å². The van der Waals surface area contributed by atoms with Gasteiger partial charge in [0.15, 0.2) is 0 Å². The van der Waals surface area contributed by atoms with Gasteiger partial charge in [-0.2, -0.15) is 4.39 Å². The molecular formula is C11H15FN2. The third kappa shape index (κ3) is 2.22. The van der Waals surface area contributed by atoms with Crippen LogP contribution in [-0.2, 0) is 0 Å². The molecule has 1 N–H and O–H groups in total. The fourth-order valence-corrected chi connectivity index (χ4v) is 1.73. The summed E-state index contributed by atoms with van der Waals surface area (Å²) in [5.41, 5.74) is 0. The van der Waals surface area contributed by atoms with Crippen molar-refractivity contribution in [2.75, 3.05) is 5.32 Å². The molecule has 1 aliphatic carbocycles. The molecule has 1 aromatic heterocycles. The van der Waals surface area contributed by atoms with Crippen molar-refractivity contribution in [3.63, 3.8) is 0 Å². The standard InChI is InChI=1S/C11H15FN2/c1-2-9(8-6-7-8)13-11-5-3-4-10(12)14-11/h3-5,8-9H,2,6-7H2,1H3,(H,13,14). The number of aromatic nitrogens is 1. The molecule has 1 atom stereocenters. The Labute approximate surface area is 83.6 Å². The third-order valence-electron chi connectivity index (χ3n) is 2.68. The van der Waals surface area contributed by atoms with Gasteiger partial charge in [-0.25, -0.2) is 4.98 Å². The zero-order valence-electron chi connectivity index (χ0n) is 8.33. The van der Waals surface area contributed by atoms with Crippen LogP contribution in [0.2, 0.25) is 0 Å². The van der Waals surface area contributed by atoms with E-state index in [9.17, 15) is 4.39 Å². The van der Waals surface area contributed by atoms with Crippen LogP contribution in [0.25, 0.3) is 0 Å². The van der Waals surface area contributed by atoms with Gasteiger partial charge in [0.05, 0.1) is 0 Å². The second-order valence-corrected chi connectivity index (χ2v) is 3.84. The van der Waals surface area contributed by atoms with E-state index in [1.165, 1.54) is 18.9 Å². The van der Waals surface area contributed by atoms with E-state index in [0.717, 1.165) is 12.3 Å². The average molecular weight is 194 g/mol. The molecule has 1 aromatic rings. The topological polar surface area (TPSA) is 24.9 Å². The molecule has 0 spiro atoms. The van der Waals surface area contributed by atoms with Gasteiger partial charge >= 0.3 is 0 Å². The fraction of sp³-hybridized carbons (Fsp3) is 0.545. The molecule has 3 heteroatoms. The monoisotopic (exact) mass is 194 g/mol. The third-order valence-corrected chi connectivity index (χ3v) is 2.68.